The number of nitrogens with one attached hydrogen (secondary N) is 1. The predicted molar refractivity (Wildman–Crippen MR) is 83.7 cm³/mol. The van der Waals surface area contributed by atoms with Crippen LogP contribution in [0.15, 0.2) is 36.4 Å². The van der Waals surface area contributed by atoms with Gasteiger partial charge in [0.15, 0.2) is 6.61 Å². The van der Waals surface area contributed by atoms with Gasteiger partial charge in [-0.25, -0.2) is 9.78 Å². The number of aromatic nitrogens is 1. The fraction of sp³-hybridized carbons (Fsp3) is 0.250. The molecule has 0 unspecified atom stereocenters. The lowest BCUT2D eigenvalue weighted by molar-refractivity contribution is -0.131. The second-order valence-corrected chi connectivity index (χ2v) is 5.03. The Bertz CT molecular complexity index is 743. The van der Waals surface area contributed by atoms with Crippen LogP contribution in [0.5, 0.6) is 0 Å². The second-order valence-electron chi connectivity index (χ2n) is 5.03. The minimum atomic E-state index is -0.690. The summed E-state index contributed by atoms with van der Waals surface area (Å²) < 4.78 is 4.89. The molecular weight excluding hydrogens is 298 g/mol. The Hall–Kier alpha value is -2.96. The molecule has 0 fully saturated rings. The third-order valence-electron chi connectivity index (χ3n) is 3.08. The van der Waals surface area contributed by atoms with Crippen molar-refractivity contribution < 1.29 is 19.1 Å². The number of para-hydroxylation sites is 1. The van der Waals surface area contributed by atoms with Gasteiger partial charge in [0, 0.05) is 19.5 Å². The van der Waals surface area contributed by atoms with Crippen molar-refractivity contribution in [1.82, 2.24) is 15.2 Å². The first-order valence-electron chi connectivity index (χ1n) is 6.97. The molecule has 0 bridgehead atoms. The van der Waals surface area contributed by atoms with Gasteiger partial charge in [-0.2, -0.15) is 0 Å². The topological polar surface area (TPSA) is 88.6 Å². The van der Waals surface area contributed by atoms with Gasteiger partial charge in [-0.15, -0.1) is 0 Å². The summed E-state index contributed by atoms with van der Waals surface area (Å²) in [7, 11) is 3.17. The standard InChI is InChI=1S/C16H17N3O4/c1-19(2)15(21)9-17-14(20)10-23-16(22)13-8-7-11-5-3-4-6-12(11)18-13/h3-8H,9-10H2,1-2H3,(H,17,20). The van der Waals surface area contributed by atoms with E-state index in [1.165, 1.54) is 11.0 Å². The van der Waals surface area contributed by atoms with Crippen LogP contribution in [0.3, 0.4) is 0 Å². The Morgan fingerprint density at radius 3 is 2.61 bits per heavy atom. The number of pyridine rings is 1. The first-order chi connectivity index (χ1) is 11.0. The molecule has 0 radical (unpaired) electrons. The smallest absolute Gasteiger partial charge is 0.357 e. The molecule has 1 N–H and O–H groups in total. The molecule has 2 amide bonds. The average Bonchev–Trinajstić information content (AvgIpc) is 2.56. The van der Waals surface area contributed by atoms with E-state index in [-0.39, 0.29) is 18.1 Å². The number of rotatable bonds is 5. The van der Waals surface area contributed by atoms with Crippen molar-refractivity contribution in [3.05, 3.63) is 42.1 Å². The minimum absolute atomic E-state index is 0.126. The third-order valence-corrected chi connectivity index (χ3v) is 3.08. The summed E-state index contributed by atoms with van der Waals surface area (Å²) in [4.78, 5) is 40.3. The van der Waals surface area contributed by atoms with E-state index in [2.05, 4.69) is 10.3 Å². The summed E-state index contributed by atoms with van der Waals surface area (Å²) in [5.74, 6) is -1.49. The van der Waals surface area contributed by atoms with Crippen LogP contribution in [0, 0.1) is 0 Å². The monoisotopic (exact) mass is 315 g/mol. The number of hydrogen-bond acceptors (Lipinski definition) is 5. The van der Waals surface area contributed by atoms with Gasteiger partial charge >= 0.3 is 5.97 Å². The van der Waals surface area contributed by atoms with Crippen molar-refractivity contribution in [3.63, 3.8) is 0 Å². The molecule has 0 saturated carbocycles. The van der Waals surface area contributed by atoms with E-state index < -0.39 is 18.5 Å². The van der Waals surface area contributed by atoms with Crippen molar-refractivity contribution in [1.29, 1.82) is 0 Å². The zero-order valence-corrected chi connectivity index (χ0v) is 12.9. The second kappa shape index (κ2) is 7.35. The molecule has 7 nitrogen and oxygen atoms in total. The average molecular weight is 315 g/mol. The van der Waals surface area contributed by atoms with Gasteiger partial charge in [-0.05, 0) is 12.1 Å². The lowest BCUT2D eigenvalue weighted by Gasteiger charge is -2.11. The van der Waals surface area contributed by atoms with Crippen LogP contribution in [0.4, 0.5) is 0 Å². The van der Waals surface area contributed by atoms with E-state index >= 15 is 0 Å². The van der Waals surface area contributed by atoms with Crippen molar-refractivity contribution in [2.24, 2.45) is 0 Å². The molecule has 1 heterocycles. The number of likely N-dealkylation sites (N-methyl/N-ethyl adjacent to an activating group) is 1. The van der Waals surface area contributed by atoms with Gasteiger partial charge in [-0.1, -0.05) is 24.3 Å². The number of hydrogen-bond donors (Lipinski definition) is 1. The summed E-state index contributed by atoms with van der Waals surface area (Å²) >= 11 is 0. The number of ether oxygens (including phenoxy) is 1. The molecule has 7 heteroatoms. The molecule has 1 aromatic carbocycles. The molecule has 23 heavy (non-hydrogen) atoms. The van der Waals surface area contributed by atoms with Gasteiger partial charge in [0.1, 0.15) is 5.69 Å². The molecule has 2 aromatic rings. The molecule has 0 aliphatic heterocycles. The molecule has 0 spiro atoms. The summed E-state index contributed by atoms with van der Waals surface area (Å²) in [5.41, 5.74) is 0.795. The SMILES string of the molecule is CN(C)C(=O)CNC(=O)COC(=O)c1ccc2ccccc2n1. The Morgan fingerprint density at radius 1 is 1.13 bits per heavy atom. The van der Waals surface area contributed by atoms with Crippen molar-refractivity contribution >= 4 is 28.7 Å². The molecule has 120 valence electrons. The highest BCUT2D eigenvalue weighted by molar-refractivity contribution is 5.92. The lowest BCUT2D eigenvalue weighted by Crippen LogP contribution is -2.38. The largest absolute Gasteiger partial charge is 0.451 e. The minimum Gasteiger partial charge on any atom is -0.451 e. The van der Waals surface area contributed by atoms with E-state index in [0.29, 0.717) is 5.52 Å². The Kier molecular flexibility index (Phi) is 5.24. The molecule has 2 rings (SSSR count). The first-order valence-corrected chi connectivity index (χ1v) is 6.97. The van der Waals surface area contributed by atoms with Crippen LogP contribution in [-0.4, -0.2) is 54.9 Å². The highest BCUT2D eigenvalue weighted by atomic mass is 16.5. The third kappa shape index (κ3) is 4.50. The van der Waals surface area contributed by atoms with E-state index in [1.54, 1.807) is 26.2 Å². The summed E-state index contributed by atoms with van der Waals surface area (Å²) in [6, 6.07) is 10.7. The van der Waals surface area contributed by atoms with Crippen LogP contribution >= 0.6 is 0 Å². The van der Waals surface area contributed by atoms with Crippen molar-refractivity contribution in [3.8, 4) is 0 Å². The van der Waals surface area contributed by atoms with Crippen molar-refractivity contribution in [2.75, 3.05) is 27.2 Å². The summed E-state index contributed by atoms with van der Waals surface area (Å²) in [5, 5.41) is 3.28. The van der Waals surface area contributed by atoms with Crippen molar-refractivity contribution in [2.45, 2.75) is 0 Å². The molecule has 0 aliphatic carbocycles. The van der Waals surface area contributed by atoms with E-state index in [4.69, 9.17) is 4.74 Å². The maximum absolute atomic E-state index is 11.9. The summed E-state index contributed by atoms with van der Waals surface area (Å²) in [6.45, 7) is -0.605. The molecule has 0 atom stereocenters. The van der Waals surface area contributed by atoms with Crippen LogP contribution in [0.25, 0.3) is 10.9 Å². The number of nitrogens with zero attached hydrogens (tertiary/aromatic N) is 2. The van der Waals surface area contributed by atoms with Gasteiger partial charge in [-0.3, -0.25) is 9.59 Å². The zero-order valence-electron chi connectivity index (χ0n) is 12.9. The lowest BCUT2D eigenvalue weighted by atomic mass is 10.2. The van der Waals surface area contributed by atoms with E-state index in [1.807, 2.05) is 18.2 Å². The van der Waals surface area contributed by atoms with Crippen LogP contribution in [0.1, 0.15) is 10.5 Å². The quantitative estimate of drug-likeness (QED) is 0.816. The number of fused-ring (bicyclic) bond motifs is 1. The van der Waals surface area contributed by atoms with Crippen LogP contribution < -0.4 is 5.32 Å². The van der Waals surface area contributed by atoms with E-state index in [9.17, 15) is 14.4 Å². The fourth-order valence-corrected chi connectivity index (χ4v) is 1.77. The van der Waals surface area contributed by atoms with E-state index in [0.717, 1.165) is 5.39 Å². The predicted octanol–water partition coefficient (Wildman–Crippen LogP) is 0.596. The summed E-state index contributed by atoms with van der Waals surface area (Å²) in [6.07, 6.45) is 0. The number of amides is 2. The van der Waals surface area contributed by atoms with Gasteiger partial charge in [0.2, 0.25) is 5.91 Å². The Balaban J connectivity index is 1.88. The molecule has 0 aliphatic rings. The first kappa shape index (κ1) is 16.4. The number of carbonyl (C=O) groups excluding carboxylic acids is 3. The molecular formula is C16H17N3O4. The highest BCUT2D eigenvalue weighted by Crippen LogP contribution is 2.12. The Labute approximate surface area is 133 Å². The molecule has 0 saturated heterocycles. The van der Waals surface area contributed by atoms with Gasteiger partial charge in [0.25, 0.3) is 5.91 Å². The fourth-order valence-electron chi connectivity index (χ4n) is 1.77. The number of benzene rings is 1. The number of esters is 1. The van der Waals surface area contributed by atoms with Crippen LogP contribution in [0.2, 0.25) is 0 Å². The normalized spacial score (nSPS) is 10.2. The Morgan fingerprint density at radius 2 is 1.87 bits per heavy atom. The van der Waals surface area contributed by atoms with Gasteiger partial charge < -0.3 is 15.0 Å². The molecule has 1 aromatic heterocycles. The maximum Gasteiger partial charge on any atom is 0.357 e. The maximum atomic E-state index is 11.9. The van der Waals surface area contributed by atoms with Crippen LogP contribution in [-0.2, 0) is 14.3 Å². The zero-order chi connectivity index (χ0) is 16.8. The van der Waals surface area contributed by atoms with Gasteiger partial charge in [0.05, 0.1) is 12.1 Å². The number of carbonyl (C=O) groups is 3. The highest BCUT2D eigenvalue weighted by Gasteiger charge is 2.13.